The van der Waals surface area contributed by atoms with Crippen molar-refractivity contribution in [1.29, 1.82) is 0 Å². The van der Waals surface area contributed by atoms with Crippen LogP contribution in [-0.2, 0) is 6.54 Å². The van der Waals surface area contributed by atoms with Crippen molar-refractivity contribution in [2.75, 3.05) is 13.2 Å². The van der Waals surface area contributed by atoms with Crippen molar-refractivity contribution in [1.82, 2.24) is 5.32 Å². The first-order chi connectivity index (χ1) is 10.2. The zero-order chi connectivity index (χ0) is 15.1. The molecule has 0 saturated carbocycles. The van der Waals surface area contributed by atoms with Gasteiger partial charge in [0.15, 0.2) is 0 Å². The molecular weight excluding hydrogens is 262 g/mol. The highest BCUT2D eigenvalue weighted by molar-refractivity contribution is 5.27. The van der Waals surface area contributed by atoms with Gasteiger partial charge in [0.05, 0.1) is 12.7 Å². The second-order valence-electron chi connectivity index (χ2n) is 5.13. The molecule has 0 aliphatic rings. The molecule has 21 heavy (non-hydrogen) atoms. The van der Waals surface area contributed by atoms with Gasteiger partial charge in [0, 0.05) is 13.1 Å². The summed E-state index contributed by atoms with van der Waals surface area (Å²) in [4.78, 5) is 0. The molecule has 0 bridgehead atoms. The summed E-state index contributed by atoms with van der Waals surface area (Å²) in [6.07, 6.45) is -0.478. The summed E-state index contributed by atoms with van der Waals surface area (Å²) >= 11 is 0. The maximum absolute atomic E-state index is 10.1. The van der Waals surface area contributed by atoms with E-state index in [1.807, 2.05) is 62.4 Å². The summed E-state index contributed by atoms with van der Waals surface area (Å²) in [6.45, 7) is 5.97. The maximum Gasteiger partial charge on any atom is 0.119 e. The van der Waals surface area contributed by atoms with Crippen molar-refractivity contribution >= 4 is 0 Å². The second-order valence-corrected chi connectivity index (χ2v) is 5.13. The molecule has 2 rings (SSSR count). The molecule has 112 valence electrons. The van der Waals surface area contributed by atoms with Crippen LogP contribution in [0.3, 0.4) is 0 Å². The highest BCUT2D eigenvalue weighted by Crippen LogP contribution is 2.14. The number of aliphatic hydroxyl groups is 1. The lowest BCUT2D eigenvalue weighted by Gasteiger charge is -2.13. The minimum atomic E-state index is -0.478. The summed E-state index contributed by atoms with van der Waals surface area (Å²) < 4.78 is 5.41. The molecule has 0 heterocycles. The van der Waals surface area contributed by atoms with E-state index in [4.69, 9.17) is 4.74 Å². The van der Waals surface area contributed by atoms with Gasteiger partial charge in [0.1, 0.15) is 5.75 Å². The van der Waals surface area contributed by atoms with Crippen LogP contribution in [-0.4, -0.2) is 18.3 Å². The van der Waals surface area contributed by atoms with Crippen LogP contribution in [0.4, 0.5) is 0 Å². The maximum atomic E-state index is 10.1. The van der Waals surface area contributed by atoms with E-state index in [1.54, 1.807) is 0 Å². The Morgan fingerprint density at radius 1 is 1.05 bits per heavy atom. The van der Waals surface area contributed by atoms with Gasteiger partial charge in [0.2, 0.25) is 0 Å². The molecule has 1 atom stereocenters. The number of rotatable bonds is 7. The molecule has 3 heteroatoms. The number of benzene rings is 2. The standard InChI is InChI=1S/C18H23NO2/c1-3-21-17-10-6-15(7-11-17)12-19-13-18(20)16-8-4-14(2)5-9-16/h4-11,18-20H,3,12-13H2,1-2H3. The minimum absolute atomic E-state index is 0.478. The third kappa shape index (κ3) is 4.88. The Morgan fingerprint density at radius 2 is 1.71 bits per heavy atom. The Bertz CT molecular complexity index is 534. The lowest BCUT2D eigenvalue weighted by atomic mass is 10.1. The van der Waals surface area contributed by atoms with Gasteiger partial charge in [-0.15, -0.1) is 0 Å². The van der Waals surface area contributed by atoms with Crippen molar-refractivity contribution in [3.63, 3.8) is 0 Å². The van der Waals surface area contributed by atoms with Crippen LogP contribution in [0.2, 0.25) is 0 Å². The van der Waals surface area contributed by atoms with Gasteiger partial charge >= 0.3 is 0 Å². The minimum Gasteiger partial charge on any atom is -0.494 e. The largest absolute Gasteiger partial charge is 0.494 e. The van der Waals surface area contributed by atoms with Gasteiger partial charge < -0.3 is 15.2 Å². The van der Waals surface area contributed by atoms with E-state index in [0.717, 1.165) is 17.9 Å². The average molecular weight is 285 g/mol. The van der Waals surface area contributed by atoms with E-state index in [9.17, 15) is 5.11 Å². The van der Waals surface area contributed by atoms with Crippen molar-refractivity contribution in [3.05, 3.63) is 65.2 Å². The highest BCUT2D eigenvalue weighted by atomic mass is 16.5. The molecule has 0 aliphatic heterocycles. The number of hydrogen-bond donors (Lipinski definition) is 2. The Balaban J connectivity index is 1.79. The third-order valence-corrected chi connectivity index (χ3v) is 3.36. The van der Waals surface area contributed by atoms with Crippen molar-refractivity contribution in [2.24, 2.45) is 0 Å². The summed E-state index contributed by atoms with van der Waals surface area (Å²) in [5, 5.41) is 13.4. The van der Waals surface area contributed by atoms with E-state index in [1.165, 1.54) is 11.1 Å². The van der Waals surface area contributed by atoms with Gasteiger partial charge in [-0.05, 0) is 37.1 Å². The first-order valence-electron chi connectivity index (χ1n) is 7.36. The van der Waals surface area contributed by atoms with Crippen LogP contribution in [0.5, 0.6) is 5.75 Å². The van der Waals surface area contributed by atoms with Crippen LogP contribution in [0.25, 0.3) is 0 Å². The average Bonchev–Trinajstić information content (AvgIpc) is 2.50. The summed E-state index contributed by atoms with van der Waals surface area (Å²) in [7, 11) is 0. The molecule has 0 spiro atoms. The van der Waals surface area contributed by atoms with Crippen LogP contribution in [0.15, 0.2) is 48.5 Å². The lowest BCUT2D eigenvalue weighted by molar-refractivity contribution is 0.174. The fourth-order valence-electron chi connectivity index (χ4n) is 2.13. The smallest absolute Gasteiger partial charge is 0.119 e. The number of nitrogens with one attached hydrogen (secondary N) is 1. The fourth-order valence-corrected chi connectivity index (χ4v) is 2.13. The zero-order valence-electron chi connectivity index (χ0n) is 12.7. The molecule has 0 aromatic heterocycles. The van der Waals surface area contributed by atoms with E-state index < -0.39 is 6.10 Å². The van der Waals surface area contributed by atoms with Crippen molar-refractivity contribution in [2.45, 2.75) is 26.5 Å². The molecule has 2 aromatic carbocycles. The van der Waals surface area contributed by atoms with E-state index in [0.29, 0.717) is 13.2 Å². The van der Waals surface area contributed by atoms with Crippen LogP contribution < -0.4 is 10.1 Å². The molecular formula is C18H23NO2. The Labute approximate surface area is 126 Å². The third-order valence-electron chi connectivity index (χ3n) is 3.36. The Morgan fingerprint density at radius 3 is 2.33 bits per heavy atom. The molecule has 2 N–H and O–H groups in total. The molecule has 0 amide bonds. The predicted molar refractivity (Wildman–Crippen MR) is 85.5 cm³/mol. The molecule has 0 fully saturated rings. The van der Waals surface area contributed by atoms with E-state index in [-0.39, 0.29) is 0 Å². The van der Waals surface area contributed by atoms with Gasteiger partial charge in [-0.1, -0.05) is 42.0 Å². The molecule has 3 nitrogen and oxygen atoms in total. The number of ether oxygens (including phenoxy) is 1. The summed E-state index contributed by atoms with van der Waals surface area (Å²) in [5.74, 6) is 0.890. The van der Waals surface area contributed by atoms with Gasteiger partial charge in [0.25, 0.3) is 0 Å². The molecule has 2 aromatic rings. The lowest BCUT2D eigenvalue weighted by Crippen LogP contribution is -2.21. The number of aliphatic hydroxyl groups excluding tert-OH is 1. The second kappa shape index (κ2) is 7.81. The van der Waals surface area contributed by atoms with E-state index in [2.05, 4.69) is 5.32 Å². The quantitative estimate of drug-likeness (QED) is 0.820. The summed E-state index contributed by atoms with van der Waals surface area (Å²) in [5.41, 5.74) is 3.32. The summed E-state index contributed by atoms with van der Waals surface area (Å²) in [6, 6.07) is 16.0. The Hall–Kier alpha value is -1.84. The number of aryl methyl sites for hydroxylation is 1. The van der Waals surface area contributed by atoms with Crippen LogP contribution >= 0.6 is 0 Å². The topological polar surface area (TPSA) is 41.5 Å². The first-order valence-corrected chi connectivity index (χ1v) is 7.36. The molecule has 0 radical (unpaired) electrons. The highest BCUT2D eigenvalue weighted by Gasteiger charge is 2.06. The van der Waals surface area contributed by atoms with Crippen molar-refractivity contribution < 1.29 is 9.84 Å². The van der Waals surface area contributed by atoms with Gasteiger partial charge in [-0.2, -0.15) is 0 Å². The van der Waals surface area contributed by atoms with Crippen molar-refractivity contribution in [3.8, 4) is 5.75 Å². The van der Waals surface area contributed by atoms with E-state index >= 15 is 0 Å². The Kier molecular flexibility index (Phi) is 5.78. The monoisotopic (exact) mass is 285 g/mol. The van der Waals surface area contributed by atoms with Gasteiger partial charge in [-0.3, -0.25) is 0 Å². The predicted octanol–water partition coefficient (Wildman–Crippen LogP) is 3.22. The first kappa shape index (κ1) is 15.5. The molecule has 1 unspecified atom stereocenters. The normalized spacial score (nSPS) is 12.1. The van der Waals surface area contributed by atoms with Crippen LogP contribution in [0.1, 0.15) is 29.7 Å². The van der Waals surface area contributed by atoms with Gasteiger partial charge in [-0.25, -0.2) is 0 Å². The van der Waals surface area contributed by atoms with Crippen LogP contribution in [0, 0.1) is 6.92 Å². The number of hydrogen-bond acceptors (Lipinski definition) is 3. The molecule has 0 aliphatic carbocycles. The SMILES string of the molecule is CCOc1ccc(CNCC(O)c2ccc(C)cc2)cc1. The fraction of sp³-hybridized carbons (Fsp3) is 0.333. The molecule has 0 saturated heterocycles. The zero-order valence-corrected chi connectivity index (χ0v) is 12.7.